The highest BCUT2D eigenvalue weighted by Crippen LogP contribution is 2.25. The monoisotopic (exact) mass is 258 g/mol. The van der Waals surface area contributed by atoms with Crippen molar-refractivity contribution in [3.63, 3.8) is 0 Å². The maximum atomic E-state index is 13.0. The van der Waals surface area contributed by atoms with Crippen molar-refractivity contribution in [3.05, 3.63) is 65.5 Å². The van der Waals surface area contributed by atoms with E-state index in [9.17, 15) is 4.39 Å². The summed E-state index contributed by atoms with van der Waals surface area (Å²) in [7, 11) is 1.98. The normalized spacial score (nSPS) is 12.2. The minimum absolute atomic E-state index is 0.0889. The van der Waals surface area contributed by atoms with Gasteiger partial charge in [-0.1, -0.05) is 29.8 Å². The van der Waals surface area contributed by atoms with Crippen LogP contribution in [0.4, 0.5) is 10.1 Å². The molecule has 0 aromatic heterocycles. The maximum Gasteiger partial charge on any atom is 0.123 e. The maximum absolute atomic E-state index is 13.0. The molecule has 19 heavy (non-hydrogen) atoms. The zero-order chi connectivity index (χ0) is 13.8. The summed E-state index contributed by atoms with van der Waals surface area (Å²) >= 11 is 0. The Labute approximate surface area is 113 Å². The van der Waals surface area contributed by atoms with Crippen molar-refractivity contribution in [2.24, 2.45) is 5.73 Å². The first-order valence-corrected chi connectivity index (χ1v) is 6.37. The Hall–Kier alpha value is -1.87. The number of anilines is 1. The third-order valence-corrected chi connectivity index (χ3v) is 3.39. The number of likely N-dealkylation sites (N-methyl/N-ethyl adjacent to an activating group) is 1. The molecule has 2 rings (SSSR count). The Balaban J connectivity index is 2.26. The van der Waals surface area contributed by atoms with Crippen LogP contribution < -0.4 is 10.6 Å². The average molecular weight is 258 g/mol. The Kier molecular flexibility index (Phi) is 4.17. The zero-order valence-corrected chi connectivity index (χ0v) is 11.3. The van der Waals surface area contributed by atoms with E-state index in [4.69, 9.17) is 5.73 Å². The first kappa shape index (κ1) is 13.6. The molecular formula is C16H19FN2. The molecule has 0 aliphatic rings. The quantitative estimate of drug-likeness (QED) is 0.912. The topological polar surface area (TPSA) is 29.3 Å². The Morgan fingerprint density at radius 1 is 1.05 bits per heavy atom. The molecular weight excluding hydrogens is 239 g/mol. The van der Waals surface area contributed by atoms with Crippen LogP contribution in [0.5, 0.6) is 0 Å². The van der Waals surface area contributed by atoms with Gasteiger partial charge in [-0.25, -0.2) is 4.39 Å². The molecule has 2 N–H and O–H groups in total. The van der Waals surface area contributed by atoms with Crippen molar-refractivity contribution in [1.82, 2.24) is 0 Å². The van der Waals surface area contributed by atoms with Gasteiger partial charge in [0.05, 0.1) is 6.04 Å². The fourth-order valence-electron chi connectivity index (χ4n) is 2.16. The fourth-order valence-corrected chi connectivity index (χ4v) is 2.16. The Morgan fingerprint density at radius 2 is 1.63 bits per heavy atom. The lowest BCUT2D eigenvalue weighted by Gasteiger charge is -2.29. The van der Waals surface area contributed by atoms with E-state index in [0.29, 0.717) is 6.54 Å². The molecule has 2 nitrogen and oxygen atoms in total. The number of nitrogens with two attached hydrogens (primary N) is 1. The molecule has 0 saturated heterocycles. The molecule has 0 saturated carbocycles. The predicted octanol–water partition coefficient (Wildman–Crippen LogP) is 3.27. The Morgan fingerprint density at radius 3 is 2.16 bits per heavy atom. The van der Waals surface area contributed by atoms with Crippen LogP contribution >= 0.6 is 0 Å². The summed E-state index contributed by atoms with van der Waals surface area (Å²) in [6, 6.07) is 14.9. The van der Waals surface area contributed by atoms with E-state index in [1.807, 2.05) is 7.05 Å². The average Bonchev–Trinajstić information content (AvgIpc) is 2.42. The molecule has 0 aliphatic carbocycles. The van der Waals surface area contributed by atoms with Crippen molar-refractivity contribution >= 4 is 5.69 Å². The molecule has 1 unspecified atom stereocenters. The second kappa shape index (κ2) is 5.85. The summed E-state index contributed by atoms with van der Waals surface area (Å²) < 4.78 is 13.0. The van der Waals surface area contributed by atoms with Crippen LogP contribution in [0, 0.1) is 12.7 Å². The molecule has 0 spiro atoms. The van der Waals surface area contributed by atoms with Crippen LogP contribution in [0.1, 0.15) is 17.2 Å². The van der Waals surface area contributed by atoms with E-state index < -0.39 is 0 Å². The van der Waals surface area contributed by atoms with E-state index in [0.717, 1.165) is 5.69 Å². The molecule has 0 amide bonds. The molecule has 0 bridgehead atoms. The first-order chi connectivity index (χ1) is 9.11. The predicted molar refractivity (Wildman–Crippen MR) is 77.8 cm³/mol. The molecule has 0 heterocycles. The highest BCUT2D eigenvalue weighted by molar-refractivity contribution is 5.48. The van der Waals surface area contributed by atoms with Gasteiger partial charge in [0.1, 0.15) is 5.82 Å². The molecule has 100 valence electrons. The van der Waals surface area contributed by atoms with Gasteiger partial charge in [-0.05, 0) is 36.8 Å². The van der Waals surface area contributed by atoms with Gasteiger partial charge in [0, 0.05) is 19.3 Å². The van der Waals surface area contributed by atoms with Crippen LogP contribution in [0.15, 0.2) is 48.5 Å². The van der Waals surface area contributed by atoms with Gasteiger partial charge in [-0.2, -0.15) is 0 Å². The number of rotatable bonds is 4. The highest BCUT2D eigenvalue weighted by Gasteiger charge is 2.15. The van der Waals surface area contributed by atoms with Gasteiger partial charge in [0.25, 0.3) is 0 Å². The van der Waals surface area contributed by atoms with Gasteiger partial charge in [0.15, 0.2) is 0 Å². The van der Waals surface area contributed by atoms with Crippen molar-refractivity contribution in [3.8, 4) is 0 Å². The van der Waals surface area contributed by atoms with E-state index in [2.05, 4.69) is 36.1 Å². The fraction of sp³-hybridized carbons (Fsp3) is 0.250. The van der Waals surface area contributed by atoms with E-state index in [1.54, 1.807) is 12.1 Å². The number of aryl methyl sites for hydroxylation is 1. The van der Waals surface area contributed by atoms with Gasteiger partial charge in [-0.3, -0.25) is 0 Å². The van der Waals surface area contributed by atoms with Crippen molar-refractivity contribution < 1.29 is 4.39 Å². The lowest BCUT2D eigenvalue weighted by atomic mass is 10.0. The minimum atomic E-state index is -0.225. The second-order valence-electron chi connectivity index (χ2n) is 4.75. The highest BCUT2D eigenvalue weighted by atomic mass is 19.1. The van der Waals surface area contributed by atoms with Crippen LogP contribution in [-0.4, -0.2) is 13.6 Å². The van der Waals surface area contributed by atoms with Crippen molar-refractivity contribution in [2.45, 2.75) is 13.0 Å². The summed E-state index contributed by atoms with van der Waals surface area (Å²) in [5.41, 5.74) is 9.24. The van der Waals surface area contributed by atoms with E-state index in [-0.39, 0.29) is 11.9 Å². The third kappa shape index (κ3) is 3.12. The number of halogens is 1. The SMILES string of the molecule is Cc1ccc(C(CN)N(C)c2ccc(F)cc2)cc1. The Bertz CT molecular complexity index is 519. The van der Waals surface area contributed by atoms with Gasteiger partial charge < -0.3 is 10.6 Å². The molecule has 0 fully saturated rings. The second-order valence-corrected chi connectivity index (χ2v) is 4.75. The molecule has 2 aromatic carbocycles. The van der Waals surface area contributed by atoms with Gasteiger partial charge >= 0.3 is 0 Å². The zero-order valence-electron chi connectivity index (χ0n) is 11.3. The molecule has 2 aromatic rings. The van der Waals surface area contributed by atoms with Crippen LogP contribution in [0.25, 0.3) is 0 Å². The lowest BCUT2D eigenvalue weighted by molar-refractivity contribution is 0.626. The molecule has 0 aliphatic heterocycles. The summed E-state index contributed by atoms with van der Waals surface area (Å²) in [4.78, 5) is 2.07. The minimum Gasteiger partial charge on any atom is -0.366 e. The largest absolute Gasteiger partial charge is 0.366 e. The van der Waals surface area contributed by atoms with E-state index in [1.165, 1.54) is 23.3 Å². The van der Waals surface area contributed by atoms with Gasteiger partial charge in [0.2, 0.25) is 0 Å². The van der Waals surface area contributed by atoms with Crippen molar-refractivity contribution in [1.29, 1.82) is 0 Å². The number of hydrogen-bond acceptors (Lipinski definition) is 2. The summed E-state index contributed by atoms with van der Waals surface area (Å²) in [5, 5.41) is 0. The van der Waals surface area contributed by atoms with Crippen LogP contribution in [-0.2, 0) is 0 Å². The first-order valence-electron chi connectivity index (χ1n) is 6.37. The third-order valence-electron chi connectivity index (χ3n) is 3.39. The van der Waals surface area contributed by atoms with E-state index >= 15 is 0 Å². The lowest BCUT2D eigenvalue weighted by Crippen LogP contribution is -2.30. The molecule has 1 atom stereocenters. The smallest absolute Gasteiger partial charge is 0.123 e. The van der Waals surface area contributed by atoms with Gasteiger partial charge in [-0.15, -0.1) is 0 Å². The number of benzene rings is 2. The van der Waals surface area contributed by atoms with Crippen molar-refractivity contribution in [2.75, 3.05) is 18.5 Å². The summed E-state index contributed by atoms with van der Waals surface area (Å²) in [5.74, 6) is -0.225. The number of nitrogens with zero attached hydrogens (tertiary/aromatic N) is 1. The molecule has 3 heteroatoms. The van der Waals surface area contributed by atoms with Crippen LogP contribution in [0.2, 0.25) is 0 Å². The summed E-state index contributed by atoms with van der Waals surface area (Å²) in [6.07, 6.45) is 0. The van der Waals surface area contributed by atoms with Crippen LogP contribution in [0.3, 0.4) is 0 Å². The molecule has 0 radical (unpaired) electrons. The standard InChI is InChI=1S/C16H19FN2/c1-12-3-5-13(6-4-12)16(11-18)19(2)15-9-7-14(17)8-10-15/h3-10,16H,11,18H2,1-2H3. The summed E-state index contributed by atoms with van der Waals surface area (Å²) in [6.45, 7) is 2.57. The number of hydrogen-bond donors (Lipinski definition) is 1.